The Morgan fingerprint density at radius 3 is 2.84 bits per heavy atom. The van der Waals surface area contributed by atoms with Crippen LogP contribution in [0.15, 0.2) is 6.33 Å². The summed E-state index contributed by atoms with van der Waals surface area (Å²) in [5.41, 5.74) is 4.13. The number of nitrogens with one attached hydrogen (secondary N) is 1. The summed E-state index contributed by atoms with van der Waals surface area (Å²) < 4.78 is 0. The average molecular weight is 259 g/mol. The lowest BCUT2D eigenvalue weighted by Crippen LogP contribution is -2.33. The molecule has 1 aromatic rings. The Bertz CT molecular complexity index is 426. The topological polar surface area (TPSA) is 37.8 Å². The Hall–Kier alpha value is -0.960. The van der Waals surface area contributed by atoms with E-state index in [-0.39, 0.29) is 0 Å². The molecule has 0 bridgehead atoms. The van der Waals surface area contributed by atoms with Crippen molar-refractivity contribution in [3.63, 3.8) is 0 Å². The van der Waals surface area contributed by atoms with E-state index in [9.17, 15) is 0 Å². The van der Waals surface area contributed by atoms with Crippen LogP contribution in [0.5, 0.6) is 0 Å². The molecule has 1 unspecified atom stereocenters. The number of fused-ring (bicyclic) bond motifs is 1. The second-order valence-corrected chi connectivity index (χ2v) is 6.01. The monoisotopic (exact) mass is 259 g/mol. The molecule has 19 heavy (non-hydrogen) atoms. The highest BCUT2D eigenvalue weighted by Gasteiger charge is 2.31. The zero-order valence-corrected chi connectivity index (χ0v) is 12.0. The van der Waals surface area contributed by atoms with Crippen molar-refractivity contribution < 1.29 is 0 Å². The van der Waals surface area contributed by atoms with E-state index < -0.39 is 0 Å². The summed E-state index contributed by atoms with van der Waals surface area (Å²) in [6, 6.07) is 0.632. The van der Waals surface area contributed by atoms with Gasteiger partial charge in [-0.15, -0.1) is 0 Å². The Kier molecular flexibility index (Phi) is 4.12. The molecule has 0 radical (unpaired) electrons. The highest BCUT2D eigenvalue weighted by Crippen LogP contribution is 2.34. The van der Waals surface area contributed by atoms with E-state index in [0.29, 0.717) is 6.04 Å². The van der Waals surface area contributed by atoms with Crippen LogP contribution in [0, 0.1) is 5.92 Å². The molecule has 1 saturated carbocycles. The molecule has 2 aliphatic carbocycles. The highest BCUT2D eigenvalue weighted by atomic mass is 14.9. The summed E-state index contributed by atoms with van der Waals surface area (Å²) in [5, 5.41) is 3.66. The number of hydrogen-bond donors (Lipinski definition) is 1. The lowest BCUT2D eigenvalue weighted by atomic mass is 9.99. The summed E-state index contributed by atoms with van der Waals surface area (Å²) in [6.07, 6.45) is 12.0. The molecule has 3 rings (SSSR count). The first-order chi connectivity index (χ1) is 9.38. The third-order valence-electron chi connectivity index (χ3n) is 4.53. The van der Waals surface area contributed by atoms with Gasteiger partial charge in [-0.1, -0.05) is 13.3 Å². The Balaban J connectivity index is 1.79. The first-order valence-corrected chi connectivity index (χ1v) is 7.93. The SMILES string of the molecule is CCNC(Cc1ncnc2c1CCCCC2)C1CC1. The van der Waals surface area contributed by atoms with Crippen molar-refractivity contribution in [1.82, 2.24) is 15.3 Å². The second kappa shape index (κ2) is 6.00. The van der Waals surface area contributed by atoms with Gasteiger partial charge in [-0.2, -0.15) is 0 Å². The zero-order chi connectivity index (χ0) is 13.1. The predicted octanol–water partition coefficient (Wildman–Crippen LogP) is 2.68. The van der Waals surface area contributed by atoms with Crippen LogP contribution in [0.1, 0.15) is 56.0 Å². The summed E-state index contributed by atoms with van der Waals surface area (Å²) in [5.74, 6) is 0.886. The van der Waals surface area contributed by atoms with Crippen LogP contribution in [0.3, 0.4) is 0 Å². The number of aromatic nitrogens is 2. The molecule has 1 fully saturated rings. The molecule has 0 amide bonds. The van der Waals surface area contributed by atoms with E-state index in [4.69, 9.17) is 0 Å². The number of likely N-dealkylation sites (N-methyl/N-ethyl adjacent to an activating group) is 1. The van der Waals surface area contributed by atoms with Crippen LogP contribution in [-0.4, -0.2) is 22.6 Å². The molecule has 0 aromatic carbocycles. The third-order valence-corrected chi connectivity index (χ3v) is 4.53. The van der Waals surface area contributed by atoms with E-state index in [1.807, 2.05) is 0 Å². The molecule has 3 nitrogen and oxygen atoms in total. The van der Waals surface area contributed by atoms with Crippen molar-refractivity contribution in [2.75, 3.05) is 6.54 Å². The summed E-state index contributed by atoms with van der Waals surface area (Å²) in [6.45, 7) is 3.27. The van der Waals surface area contributed by atoms with Gasteiger partial charge in [0.25, 0.3) is 0 Å². The summed E-state index contributed by atoms with van der Waals surface area (Å²) in [4.78, 5) is 9.14. The maximum Gasteiger partial charge on any atom is 0.115 e. The smallest absolute Gasteiger partial charge is 0.115 e. The molecule has 2 aliphatic rings. The molecule has 0 saturated heterocycles. The predicted molar refractivity (Wildman–Crippen MR) is 77.2 cm³/mol. The molecular formula is C16H25N3. The van der Waals surface area contributed by atoms with Gasteiger partial charge in [0.2, 0.25) is 0 Å². The van der Waals surface area contributed by atoms with Crippen molar-refractivity contribution in [2.24, 2.45) is 5.92 Å². The summed E-state index contributed by atoms with van der Waals surface area (Å²) in [7, 11) is 0. The number of nitrogens with zero attached hydrogens (tertiary/aromatic N) is 2. The third kappa shape index (κ3) is 3.14. The van der Waals surface area contributed by atoms with Crippen LogP contribution in [-0.2, 0) is 19.3 Å². The number of rotatable bonds is 5. The quantitative estimate of drug-likeness (QED) is 0.826. The minimum atomic E-state index is 0.632. The van der Waals surface area contributed by atoms with Crippen LogP contribution in [0.25, 0.3) is 0 Å². The average Bonchev–Trinajstić information content (AvgIpc) is 3.25. The van der Waals surface area contributed by atoms with Crippen molar-refractivity contribution in [3.05, 3.63) is 23.3 Å². The van der Waals surface area contributed by atoms with E-state index in [0.717, 1.165) is 25.3 Å². The molecule has 104 valence electrons. The van der Waals surface area contributed by atoms with Gasteiger partial charge < -0.3 is 5.32 Å². The molecule has 1 atom stereocenters. The maximum atomic E-state index is 4.61. The molecule has 1 N–H and O–H groups in total. The lowest BCUT2D eigenvalue weighted by Gasteiger charge is -2.19. The first-order valence-electron chi connectivity index (χ1n) is 7.93. The molecular weight excluding hydrogens is 234 g/mol. The van der Waals surface area contributed by atoms with Gasteiger partial charge in [0, 0.05) is 23.9 Å². The molecule has 1 heterocycles. The summed E-state index contributed by atoms with van der Waals surface area (Å²) >= 11 is 0. The van der Waals surface area contributed by atoms with Crippen molar-refractivity contribution in [3.8, 4) is 0 Å². The van der Waals surface area contributed by atoms with Gasteiger partial charge in [0.05, 0.1) is 0 Å². The van der Waals surface area contributed by atoms with Gasteiger partial charge >= 0.3 is 0 Å². The van der Waals surface area contributed by atoms with Gasteiger partial charge in [-0.3, -0.25) is 0 Å². The van der Waals surface area contributed by atoms with Crippen LogP contribution in [0.4, 0.5) is 0 Å². The standard InChI is InChI=1S/C16H25N3/c1-2-17-15(12-8-9-12)10-16-13-6-4-3-5-7-14(13)18-11-19-16/h11-12,15,17H,2-10H2,1H3. The van der Waals surface area contributed by atoms with Gasteiger partial charge in [0.1, 0.15) is 6.33 Å². The Morgan fingerprint density at radius 2 is 2.05 bits per heavy atom. The van der Waals surface area contributed by atoms with E-state index >= 15 is 0 Å². The fraction of sp³-hybridized carbons (Fsp3) is 0.750. The number of aryl methyl sites for hydroxylation is 1. The van der Waals surface area contributed by atoms with Crippen LogP contribution in [0.2, 0.25) is 0 Å². The van der Waals surface area contributed by atoms with Gasteiger partial charge in [-0.05, 0) is 56.6 Å². The van der Waals surface area contributed by atoms with Crippen molar-refractivity contribution in [1.29, 1.82) is 0 Å². The fourth-order valence-corrected chi connectivity index (χ4v) is 3.32. The van der Waals surface area contributed by atoms with Crippen molar-refractivity contribution in [2.45, 2.75) is 64.3 Å². The van der Waals surface area contributed by atoms with E-state index in [2.05, 4.69) is 22.2 Å². The van der Waals surface area contributed by atoms with Gasteiger partial charge in [-0.25, -0.2) is 9.97 Å². The molecule has 3 heteroatoms. The molecule has 0 aliphatic heterocycles. The second-order valence-electron chi connectivity index (χ2n) is 6.01. The Morgan fingerprint density at radius 1 is 1.21 bits per heavy atom. The first kappa shape index (κ1) is 13.0. The minimum Gasteiger partial charge on any atom is -0.314 e. The molecule has 1 aromatic heterocycles. The molecule has 0 spiro atoms. The Labute approximate surface area is 116 Å². The maximum absolute atomic E-state index is 4.61. The zero-order valence-electron chi connectivity index (χ0n) is 12.0. The number of hydrogen-bond acceptors (Lipinski definition) is 3. The minimum absolute atomic E-state index is 0.632. The van der Waals surface area contributed by atoms with Crippen molar-refractivity contribution >= 4 is 0 Å². The van der Waals surface area contributed by atoms with E-state index in [1.165, 1.54) is 55.5 Å². The highest BCUT2D eigenvalue weighted by molar-refractivity contribution is 5.27. The van der Waals surface area contributed by atoms with E-state index in [1.54, 1.807) is 6.33 Å². The largest absolute Gasteiger partial charge is 0.314 e. The van der Waals surface area contributed by atoms with Crippen LogP contribution < -0.4 is 5.32 Å². The van der Waals surface area contributed by atoms with Crippen LogP contribution >= 0.6 is 0 Å². The lowest BCUT2D eigenvalue weighted by molar-refractivity contribution is 0.466. The van der Waals surface area contributed by atoms with Gasteiger partial charge in [0.15, 0.2) is 0 Å². The fourth-order valence-electron chi connectivity index (χ4n) is 3.32. The normalized spacial score (nSPS) is 20.7.